The Kier molecular flexibility index (Phi) is 60.4. The van der Waals surface area contributed by atoms with Gasteiger partial charge < -0.3 is 19.8 Å². The summed E-state index contributed by atoms with van der Waals surface area (Å²) in [6.07, 6.45) is 85.2. The number of nitrogens with one attached hydrogen (secondary N) is 1. The number of carbonyl (C=O) groups is 1. The first-order valence-corrected chi connectivity index (χ1v) is 36.2. The van der Waals surface area contributed by atoms with Crippen LogP contribution < -0.4 is 5.32 Å². The molecule has 1 amide bonds. The van der Waals surface area contributed by atoms with Gasteiger partial charge in [0.25, 0.3) is 0 Å². The van der Waals surface area contributed by atoms with Gasteiger partial charge in [-0.15, -0.1) is 0 Å². The summed E-state index contributed by atoms with van der Waals surface area (Å²) in [6, 6.07) is -0.864. The molecule has 0 rings (SSSR count). The summed E-state index contributed by atoms with van der Waals surface area (Å²) < 4.78 is 23.8. The molecular formula is C71H136N2O6P+. The predicted octanol–water partition coefficient (Wildman–Crippen LogP) is 22.0. The second-order valence-corrected chi connectivity index (χ2v) is 26.4. The Balaban J connectivity index is 3.97. The van der Waals surface area contributed by atoms with E-state index in [2.05, 4.69) is 67.8 Å². The maximum Gasteiger partial charge on any atom is 0.472 e. The van der Waals surface area contributed by atoms with Gasteiger partial charge in [0.05, 0.1) is 39.9 Å². The van der Waals surface area contributed by atoms with Crippen LogP contribution in [0.1, 0.15) is 335 Å². The van der Waals surface area contributed by atoms with Gasteiger partial charge in [-0.25, -0.2) is 4.57 Å². The molecule has 0 aromatic heterocycles. The Hall–Kier alpha value is -1.80. The number of allylic oxidation sites excluding steroid dienone is 9. The average Bonchev–Trinajstić information content (AvgIpc) is 3.42. The summed E-state index contributed by atoms with van der Waals surface area (Å²) >= 11 is 0. The molecule has 0 fully saturated rings. The zero-order valence-corrected chi connectivity index (χ0v) is 54.7. The molecule has 0 aliphatic carbocycles. The van der Waals surface area contributed by atoms with Crippen LogP contribution in [0, 0.1) is 0 Å². The van der Waals surface area contributed by atoms with Crippen molar-refractivity contribution in [1.82, 2.24) is 5.32 Å². The second kappa shape index (κ2) is 61.8. The van der Waals surface area contributed by atoms with Gasteiger partial charge in [0.15, 0.2) is 0 Å². The van der Waals surface area contributed by atoms with Crippen LogP contribution in [0.25, 0.3) is 0 Å². The summed E-state index contributed by atoms with van der Waals surface area (Å²) in [7, 11) is 1.57. The van der Waals surface area contributed by atoms with Crippen molar-refractivity contribution < 1.29 is 32.9 Å². The summed E-state index contributed by atoms with van der Waals surface area (Å²) in [4.78, 5) is 23.4. The Morgan fingerprint density at radius 2 is 0.725 bits per heavy atom. The molecule has 80 heavy (non-hydrogen) atoms. The summed E-state index contributed by atoms with van der Waals surface area (Å²) in [5.74, 6) is -0.181. The first-order valence-electron chi connectivity index (χ1n) is 34.7. The van der Waals surface area contributed by atoms with Gasteiger partial charge in [-0.05, 0) is 70.6 Å². The first kappa shape index (κ1) is 78.2. The van der Waals surface area contributed by atoms with Crippen molar-refractivity contribution >= 4 is 13.7 Å². The van der Waals surface area contributed by atoms with E-state index in [9.17, 15) is 19.4 Å². The van der Waals surface area contributed by atoms with Gasteiger partial charge in [0.1, 0.15) is 13.2 Å². The van der Waals surface area contributed by atoms with Crippen LogP contribution in [-0.4, -0.2) is 73.4 Å². The van der Waals surface area contributed by atoms with Crippen LogP contribution in [0.3, 0.4) is 0 Å². The van der Waals surface area contributed by atoms with Crippen molar-refractivity contribution in [2.75, 3.05) is 40.9 Å². The quantitative estimate of drug-likeness (QED) is 0.0243. The van der Waals surface area contributed by atoms with E-state index in [1.54, 1.807) is 6.08 Å². The molecule has 0 bridgehead atoms. The van der Waals surface area contributed by atoms with Crippen molar-refractivity contribution in [2.24, 2.45) is 0 Å². The molecule has 0 heterocycles. The number of aliphatic hydroxyl groups is 1. The molecule has 0 spiro atoms. The number of amides is 1. The lowest BCUT2D eigenvalue weighted by Gasteiger charge is -2.25. The Bertz CT molecular complexity index is 1490. The minimum atomic E-state index is -4.36. The van der Waals surface area contributed by atoms with Crippen LogP contribution in [0.15, 0.2) is 60.8 Å². The largest absolute Gasteiger partial charge is 0.472 e. The Labute approximate surface area is 498 Å². The number of likely N-dealkylation sites (N-methyl/N-ethyl adjacent to an activating group) is 1. The third-order valence-corrected chi connectivity index (χ3v) is 16.7. The maximum atomic E-state index is 13.0. The molecule has 3 atom stereocenters. The van der Waals surface area contributed by atoms with Crippen LogP contribution in [0.5, 0.6) is 0 Å². The van der Waals surface area contributed by atoms with E-state index in [-0.39, 0.29) is 19.1 Å². The zero-order chi connectivity index (χ0) is 58.4. The topological polar surface area (TPSA) is 105 Å². The van der Waals surface area contributed by atoms with Gasteiger partial charge in [0.2, 0.25) is 5.91 Å². The summed E-state index contributed by atoms with van der Waals surface area (Å²) in [6.45, 7) is 4.82. The van der Waals surface area contributed by atoms with E-state index in [0.717, 1.165) is 51.4 Å². The van der Waals surface area contributed by atoms with E-state index in [1.165, 1.54) is 263 Å². The minimum absolute atomic E-state index is 0.0569. The lowest BCUT2D eigenvalue weighted by molar-refractivity contribution is -0.870. The molecule has 0 saturated heterocycles. The summed E-state index contributed by atoms with van der Waals surface area (Å²) in [5, 5.41) is 14.0. The lowest BCUT2D eigenvalue weighted by atomic mass is 10.0. The SMILES string of the molecule is CCCCCCC/C=C\C/C=C\C/C=C\CCCCCCCCCCCCCCCCCCCCCCCCCCC(=O)NC(COP(=O)(O)OCC[N+](C)(C)C)C(O)/C=C/CC/C=C/CCCCCCCCCCCCCCC. The highest BCUT2D eigenvalue weighted by atomic mass is 31.2. The number of carbonyl (C=O) groups excluding carboxylic acids is 1. The molecule has 0 radical (unpaired) electrons. The normalized spacial score (nSPS) is 14.0. The molecule has 0 aliphatic heterocycles. The third kappa shape index (κ3) is 63.8. The number of quaternary nitrogens is 1. The number of phosphoric acid groups is 1. The highest BCUT2D eigenvalue weighted by molar-refractivity contribution is 7.47. The average molecular weight is 1140 g/mol. The van der Waals surface area contributed by atoms with Crippen molar-refractivity contribution in [2.45, 2.75) is 347 Å². The predicted molar refractivity (Wildman–Crippen MR) is 350 cm³/mol. The van der Waals surface area contributed by atoms with E-state index < -0.39 is 20.0 Å². The standard InChI is InChI=1S/C71H135N2O6P/c1-6-8-10-12-14-16-18-20-22-24-26-27-28-29-30-31-32-33-34-35-36-37-38-39-40-41-42-43-44-45-47-49-51-53-55-57-59-61-63-65-71(75)72-69(68-79-80(76,77)78-67-66-73(3,4)5)70(74)64-62-60-58-56-54-52-50-48-46-25-23-21-19-17-15-13-11-9-7-2/h18,20,24,26,28-29,54,56,62,64,69-70,74H,6-17,19,21-23,25,27,30-53,55,57-61,63,65-68H2,1-5H3,(H-,72,75,76,77)/p+1/b20-18-,26-24-,29-28-,56-54+,64-62+. The van der Waals surface area contributed by atoms with E-state index in [1.807, 2.05) is 27.2 Å². The Morgan fingerprint density at radius 3 is 1.09 bits per heavy atom. The Morgan fingerprint density at radius 1 is 0.425 bits per heavy atom. The van der Waals surface area contributed by atoms with Crippen LogP contribution in [-0.2, 0) is 18.4 Å². The fraction of sp³-hybridized carbons (Fsp3) is 0.845. The van der Waals surface area contributed by atoms with Crippen molar-refractivity contribution in [3.8, 4) is 0 Å². The minimum Gasteiger partial charge on any atom is -0.387 e. The van der Waals surface area contributed by atoms with Crippen molar-refractivity contribution in [3.05, 3.63) is 60.8 Å². The van der Waals surface area contributed by atoms with Gasteiger partial charge in [-0.3, -0.25) is 13.8 Å². The molecule has 0 aromatic carbocycles. The van der Waals surface area contributed by atoms with Gasteiger partial charge in [-0.2, -0.15) is 0 Å². The maximum absolute atomic E-state index is 13.0. The number of hydrogen-bond acceptors (Lipinski definition) is 5. The lowest BCUT2D eigenvalue weighted by Crippen LogP contribution is -2.45. The molecule has 8 nitrogen and oxygen atoms in total. The number of aliphatic hydroxyl groups excluding tert-OH is 1. The summed E-state index contributed by atoms with van der Waals surface area (Å²) in [5.41, 5.74) is 0. The smallest absolute Gasteiger partial charge is 0.387 e. The number of hydrogen-bond donors (Lipinski definition) is 3. The number of rotatable bonds is 64. The molecule has 0 aromatic rings. The van der Waals surface area contributed by atoms with E-state index in [4.69, 9.17) is 9.05 Å². The van der Waals surface area contributed by atoms with Crippen LogP contribution >= 0.6 is 7.82 Å². The second-order valence-electron chi connectivity index (χ2n) is 24.9. The third-order valence-electron chi connectivity index (χ3n) is 15.7. The van der Waals surface area contributed by atoms with Crippen LogP contribution in [0.2, 0.25) is 0 Å². The zero-order valence-electron chi connectivity index (χ0n) is 53.8. The molecular weight excluding hydrogens is 1010 g/mol. The van der Waals surface area contributed by atoms with Crippen molar-refractivity contribution in [3.63, 3.8) is 0 Å². The van der Waals surface area contributed by atoms with Gasteiger partial charge in [0, 0.05) is 6.42 Å². The molecule has 3 unspecified atom stereocenters. The molecule has 9 heteroatoms. The van der Waals surface area contributed by atoms with Crippen LogP contribution in [0.4, 0.5) is 0 Å². The fourth-order valence-corrected chi connectivity index (χ4v) is 11.0. The highest BCUT2D eigenvalue weighted by Crippen LogP contribution is 2.43. The first-order chi connectivity index (χ1) is 39.0. The number of phosphoric ester groups is 1. The van der Waals surface area contributed by atoms with Gasteiger partial charge in [-0.1, -0.05) is 319 Å². The van der Waals surface area contributed by atoms with Crippen molar-refractivity contribution in [1.29, 1.82) is 0 Å². The highest BCUT2D eigenvalue weighted by Gasteiger charge is 2.28. The molecule has 0 saturated carbocycles. The van der Waals surface area contributed by atoms with Gasteiger partial charge >= 0.3 is 7.82 Å². The molecule has 470 valence electrons. The fourth-order valence-electron chi connectivity index (χ4n) is 10.3. The molecule has 0 aliphatic rings. The number of unbranched alkanes of at least 4 members (excludes halogenated alkanes) is 43. The number of nitrogens with zero attached hydrogens (tertiary/aromatic N) is 1. The van der Waals surface area contributed by atoms with E-state index in [0.29, 0.717) is 17.4 Å². The monoisotopic (exact) mass is 1140 g/mol. The van der Waals surface area contributed by atoms with E-state index >= 15 is 0 Å². The molecule has 3 N–H and O–H groups in total.